The van der Waals surface area contributed by atoms with Gasteiger partial charge in [0.15, 0.2) is 0 Å². The SMILES string of the molecule is Cc1nc2ccccc2n([C@H](C)C(=O)Nc2ccccc2Cl)c1=O. The summed E-state index contributed by atoms with van der Waals surface area (Å²) >= 11 is 6.08. The molecule has 0 saturated carbocycles. The molecule has 0 unspecified atom stereocenters. The van der Waals surface area contributed by atoms with Gasteiger partial charge < -0.3 is 5.32 Å². The zero-order chi connectivity index (χ0) is 17.3. The Hall–Kier alpha value is -2.66. The molecule has 24 heavy (non-hydrogen) atoms. The van der Waals surface area contributed by atoms with Gasteiger partial charge in [-0.05, 0) is 38.1 Å². The molecule has 0 aliphatic heterocycles. The second kappa shape index (κ2) is 6.45. The Kier molecular flexibility index (Phi) is 4.36. The van der Waals surface area contributed by atoms with E-state index < -0.39 is 6.04 Å². The third-order valence-corrected chi connectivity index (χ3v) is 4.19. The topological polar surface area (TPSA) is 64.0 Å². The molecule has 122 valence electrons. The molecule has 0 spiro atoms. The largest absolute Gasteiger partial charge is 0.323 e. The van der Waals surface area contributed by atoms with Gasteiger partial charge in [0.1, 0.15) is 11.7 Å². The van der Waals surface area contributed by atoms with E-state index in [2.05, 4.69) is 10.3 Å². The van der Waals surface area contributed by atoms with E-state index in [0.717, 1.165) is 0 Å². The van der Waals surface area contributed by atoms with E-state index >= 15 is 0 Å². The summed E-state index contributed by atoms with van der Waals surface area (Å²) in [4.78, 5) is 29.5. The van der Waals surface area contributed by atoms with E-state index in [-0.39, 0.29) is 11.5 Å². The normalized spacial score (nSPS) is 12.1. The lowest BCUT2D eigenvalue weighted by Crippen LogP contribution is -2.33. The predicted octanol–water partition coefficient (Wildman–Crippen LogP) is 3.56. The highest BCUT2D eigenvalue weighted by Crippen LogP contribution is 2.22. The lowest BCUT2D eigenvalue weighted by Gasteiger charge is -2.18. The number of nitrogens with one attached hydrogen (secondary N) is 1. The predicted molar refractivity (Wildman–Crippen MR) is 95.5 cm³/mol. The van der Waals surface area contributed by atoms with Crippen LogP contribution in [0, 0.1) is 6.92 Å². The Morgan fingerprint density at radius 2 is 1.83 bits per heavy atom. The minimum absolute atomic E-state index is 0.282. The zero-order valence-corrected chi connectivity index (χ0v) is 14.0. The number of carbonyl (C=O) groups is 1. The molecule has 1 amide bonds. The van der Waals surface area contributed by atoms with Crippen molar-refractivity contribution in [2.24, 2.45) is 0 Å². The van der Waals surface area contributed by atoms with Crippen LogP contribution < -0.4 is 10.9 Å². The Morgan fingerprint density at radius 1 is 1.17 bits per heavy atom. The highest BCUT2D eigenvalue weighted by molar-refractivity contribution is 6.33. The lowest BCUT2D eigenvalue weighted by molar-refractivity contribution is -0.118. The first-order chi connectivity index (χ1) is 11.5. The summed E-state index contributed by atoms with van der Waals surface area (Å²) in [6.07, 6.45) is 0. The lowest BCUT2D eigenvalue weighted by atomic mass is 10.2. The molecule has 2 aromatic carbocycles. The van der Waals surface area contributed by atoms with E-state index in [4.69, 9.17) is 11.6 Å². The van der Waals surface area contributed by atoms with Crippen LogP contribution >= 0.6 is 11.6 Å². The molecule has 3 rings (SSSR count). The zero-order valence-electron chi connectivity index (χ0n) is 13.3. The van der Waals surface area contributed by atoms with Crippen molar-refractivity contribution in [3.8, 4) is 0 Å². The average molecular weight is 342 g/mol. The summed E-state index contributed by atoms with van der Waals surface area (Å²) in [7, 11) is 0. The van der Waals surface area contributed by atoms with Crippen LogP contribution in [-0.2, 0) is 4.79 Å². The van der Waals surface area contributed by atoms with Gasteiger partial charge in [0.2, 0.25) is 5.91 Å². The molecule has 1 atom stereocenters. The maximum Gasteiger partial charge on any atom is 0.273 e. The summed E-state index contributed by atoms with van der Waals surface area (Å²) in [5, 5.41) is 3.21. The van der Waals surface area contributed by atoms with E-state index in [1.54, 1.807) is 44.2 Å². The molecule has 0 saturated heterocycles. The third kappa shape index (κ3) is 2.90. The third-order valence-electron chi connectivity index (χ3n) is 3.86. The van der Waals surface area contributed by atoms with E-state index in [0.29, 0.717) is 27.4 Å². The number of fused-ring (bicyclic) bond motifs is 1. The summed E-state index contributed by atoms with van der Waals surface area (Å²) in [6, 6.07) is 13.5. The summed E-state index contributed by atoms with van der Waals surface area (Å²) in [5.74, 6) is -0.319. The number of hydrogen-bond donors (Lipinski definition) is 1. The molecular formula is C18H16ClN3O2. The van der Waals surface area contributed by atoms with Crippen LogP contribution in [0.15, 0.2) is 53.3 Å². The number of aryl methyl sites for hydroxylation is 1. The van der Waals surface area contributed by atoms with E-state index in [9.17, 15) is 9.59 Å². The fraction of sp³-hybridized carbons (Fsp3) is 0.167. The van der Waals surface area contributed by atoms with Crippen molar-refractivity contribution < 1.29 is 4.79 Å². The first kappa shape index (κ1) is 16.2. The first-order valence-corrected chi connectivity index (χ1v) is 7.90. The molecule has 0 bridgehead atoms. The highest BCUT2D eigenvalue weighted by atomic mass is 35.5. The van der Waals surface area contributed by atoms with Crippen LogP contribution in [0.3, 0.4) is 0 Å². The molecule has 6 heteroatoms. The number of rotatable bonds is 3. The summed E-state index contributed by atoms with van der Waals surface area (Å²) in [6.45, 7) is 3.32. The molecule has 1 aromatic heterocycles. The number of carbonyl (C=O) groups excluding carboxylic acids is 1. The molecule has 0 radical (unpaired) electrons. The van der Waals surface area contributed by atoms with Crippen molar-refractivity contribution >= 4 is 34.2 Å². The molecule has 3 aromatic rings. The Labute approximate surface area is 143 Å². The fourth-order valence-corrected chi connectivity index (χ4v) is 2.76. The van der Waals surface area contributed by atoms with Crippen molar-refractivity contribution in [1.82, 2.24) is 9.55 Å². The highest BCUT2D eigenvalue weighted by Gasteiger charge is 2.20. The van der Waals surface area contributed by atoms with E-state index in [1.807, 2.05) is 18.2 Å². The van der Waals surface area contributed by atoms with Gasteiger partial charge in [-0.2, -0.15) is 0 Å². The molecule has 1 N–H and O–H groups in total. The second-order valence-corrected chi connectivity index (χ2v) is 5.91. The minimum atomic E-state index is -0.708. The van der Waals surface area contributed by atoms with Crippen molar-refractivity contribution in [3.63, 3.8) is 0 Å². The maximum atomic E-state index is 12.6. The molecule has 1 heterocycles. The van der Waals surface area contributed by atoms with Gasteiger partial charge in [-0.3, -0.25) is 14.2 Å². The number of para-hydroxylation sites is 3. The van der Waals surface area contributed by atoms with Crippen molar-refractivity contribution in [2.45, 2.75) is 19.9 Å². The van der Waals surface area contributed by atoms with E-state index in [1.165, 1.54) is 4.57 Å². The molecule has 5 nitrogen and oxygen atoms in total. The maximum absolute atomic E-state index is 12.6. The van der Waals surface area contributed by atoms with Gasteiger partial charge in [-0.25, -0.2) is 4.98 Å². The van der Waals surface area contributed by atoms with Gasteiger partial charge in [0, 0.05) is 0 Å². The average Bonchev–Trinajstić information content (AvgIpc) is 2.57. The van der Waals surface area contributed by atoms with Gasteiger partial charge >= 0.3 is 0 Å². The van der Waals surface area contributed by atoms with Crippen LogP contribution in [0.25, 0.3) is 11.0 Å². The van der Waals surface area contributed by atoms with Crippen LogP contribution in [0.1, 0.15) is 18.7 Å². The fourth-order valence-electron chi connectivity index (χ4n) is 2.58. The Balaban J connectivity index is 2.04. The number of benzene rings is 2. The Morgan fingerprint density at radius 3 is 2.58 bits per heavy atom. The van der Waals surface area contributed by atoms with Crippen LogP contribution in [0.4, 0.5) is 5.69 Å². The second-order valence-electron chi connectivity index (χ2n) is 5.51. The molecule has 0 fully saturated rings. The first-order valence-electron chi connectivity index (χ1n) is 7.52. The van der Waals surface area contributed by atoms with Gasteiger partial charge in [-0.1, -0.05) is 35.9 Å². The van der Waals surface area contributed by atoms with Crippen LogP contribution in [0.2, 0.25) is 5.02 Å². The number of anilines is 1. The molecule has 0 aliphatic carbocycles. The number of amides is 1. The number of nitrogens with zero attached hydrogens (tertiary/aromatic N) is 2. The van der Waals surface area contributed by atoms with Crippen molar-refractivity contribution in [2.75, 3.05) is 5.32 Å². The molecular weight excluding hydrogens is 326 g/mol. The standard InChI is InChI=1S/C18H16ClN3O2/c1-11-18(24)22(16-10-6-5-9-15(16)20-11)12(2)17(23)21-14-8-4-3-7-13(14)19/h3-10,12H,1-2H3,(H,21,23)/t12-/m1/s1. The number of aromatic nitrogens is 2. The van der Waals surface area contributed by atoms with Crippen molar-refractivity contribution in [3.05, 3.63) is 69.6 Å². The summed E-state index contributed by atoms with van der Waals surface area (Å²) < 4.78 is 1.46. The number of hydrogen-bond acceptors (Lipinski definition) is 3. The molecule has 0 aliphatic rings. The van der Waals surface area contributed by atoms with Gasteiger partial charge in [0.25, 0.3) is 5.56 Å². The Bertz CT molecular complexity index is 981. The van der Waals surface area contributed by atoms with Crippen LogP contribution in [0.5, 0.6) is 0 Å². The van der Waals surface area contributed by atoms with Gasteiger partial charge in [0.05, 0.1) is 21.7 Å². The number of halogens is 1. The monoisotopic (exact) mass is 341 g/mol. The van der Waals surface area contributed by atoms with Gasteiger partial charge in [-0.15, -0.1) is 0 Å². The quantitative estimate of drug-likeness (QED) is 0.792. The minimum Gasteiger partial charge on any atom is -0.323 e. The van der Waals surface area contributed by atoms with Crippen molar-refractivity contribution in [1.29, 1.82) is 0 Å². The summed E-state index contributed by atoms with van der Waals surface area (Å²) in [5.41, 5.74) is 1.88. The van der Waals surface area contributed by atoms with Crippen LogP contribution in [-0.4, -0.2) is 15.5 Å². The smallest absolute Gasteiger partial charge is 0.273 e.